The molecule has 2 amide bonds. The third-order valence-electron chi connectivity index (χ3n) is 6.13. The number of carbonyl (C=O) groups excluding carboxylic acids is 2. The van der Waals surface area contributed by atoms with Crippen LogP contribution in [-0.2, 0) is 22.6 Å². The van der Waals surface area contributed by atoms with Gasteiger partial charge in [-0.15, -0.1) is 0 Å². The van der Waals surface area contributed by atoms with Gasteiger partial charge in [-0.2, -0.15) is 0 Å². The van der Waals surface area contributed by atoms with Crippen molar-refractivity contribution in [3.63, 3.8) is 0 Å². The number of hydrogen-bond donors (Lipinski definition) is 1. The molecule has 38 heavy (non-hydrogen) atoms. The molecule has 0 aliphatic heterocycles. The number of halogens is 1. The first-order chi connectivity index (χ1) is 18.5. The summed E-state index contributed by atoms with van der Waals surface area (Å²) in [6.45, 7) is 0.182. The summed E-state index contributed by atoms with van der Waals surface area (Å²) < 4.78 is 24.6. The van der Waals surface area contributed by atoms with Crippen LogP contribution >= 0.6 is 0 Å². The number of nitrogens with zero attached hydrogens (tertiary/aromatic N) is 1. The molecule has 7 heteroatoms. The predicted molar refractivity (Wildman–Crippen MR) is 144 cm³/mol. The maximum Gasteiger partial charge on any atom is 0.251 e. The molecule has 6 nitrogen and oxygen atoms in total. The molecular weight excluding hydrogens is 483 g/mol. The number of hydrogen-bond acceptors (Lipinski definition) is 4. The molecule has 1 unspecified atom stereocenters. The molecule has 0 aliphatic rings. The summed E-state index contributed by atoms with van der Waals surface area (Å²) in [6.07, 6.45) is 0.102. The van der Waals surface area contributed by atoms with E-state index in [0.717, 1.165) is 11.1 Å². The molecule has 1 atom stereocenters. The van der Waals surface area contributed by atoms with Crippen LogP contribution in [0.3, 0.4) is 0 Å². The van der Waals surface area contributed by atoms with Gasteiger partial charge in [0.1, 0.15) is 23.4 Å². The Morgan fingerprint density at radius 1 is 0.816 bits per heavy atom. The van der Waals surface area contributed by atoms with Crippen LogP contribution in [0.2, 0.25) is 0 Å². The van der Waals surface area contributed by atoms with Crippen molar-refractivity contribution in [2.45, 2.75) is 19.0 Å². The third-order valence-corrected chi connectivity index (χ3v) is 6.13. The van der Waals surface area contributed by atoms with Crippen LogP contribution in [0.4, 0.5) is 10.1 Å². The van der Waals surface area contributed by atoms with Crippen molar-refractivity contribution < 1.29 is 23.5 Å². The summed E-state index contributed by atoms with van der Waals surface area (Å²) in [4.78, 5) is 29.2. The quantitative estimate of drug-likeness (QED) is 0.292. The van der Waals surface area contributed by atoms with Gasteiger partial charge in [-0.25, -0.2) is 4.39 Å². The van der Waals surface area contributed by atoms with Gasteiger partial charge in [0.2, 0.25) is 5.91 Å². The van der Waals surface area contributed by atoms with Gasteiger partial charge in [-0.3, -0.25) is 9.59 Å². The number of anilines is 1. The number of benzene rings is 4. The van der Waals surface area contributed by atoms with Gasteiger partial charge < -0.3 is 19.7 Å². The first-order valence-electron chi connectivity index (χ1n) is 12.1. The predicted octanol–water partition coefficient (Wildman–Crippen LogP) is 5.79. The van der Waals surface area contributed by atoms with Crippen molar-refractivity contribution in [2.24, 2.45) is 0 Å². The monoisotopic (exact) mass is 512 g/mol. The molecule has 4 aromatic rings. The largest absolute Gasteiger partial charge is 0.497 e. The van der Waals surface area contributed by atoms with Gasteiger partial charge in [0.25, 0.3) is 5.91 Å². The zero-order chi connectivity index (χ0) is 26.9. The average molecular weight is 513 g/mol. The first-order valence-corrected chi connectivity index (χ1v) is 12.1. The lowest BCUT2D eigenvalue weighted by Gasteiger charge is -2.32. The SMILES string of the molecule is COc1ccc(NC(=O)C(c2ccc(F)cc2)N(Cc2ccccc2)C(=O)Cc2ccccc2)c(OC)c1. The number of carbonyl (C=O) groups is 2. The Morgan fingerprint density at radius 3 is 2.05 bits per heavy atom. The van der Waals surface area contributed by atoms with E-state index in [-0.39, 0.29) is 18.9 Å². The van der Waals surface area contributed by atoms with E-state index < -0.39 is 17.8 Å². The summed E-state index contributed by atoms with van der Waals surface area (Å²) in [7, 11) is 3.03. The smallest absolute Gasteiger partial charge is 0.251 e. The van der Waals surface area contributed by atoms with Crippen LogP contribution in [0.1, 0.15) is 22.7 Å². The fourth-order valence-electron chi connectivity index (χ4n) is 4.20. The number of amides is 2. The van der Waals surface area contributed by atoms with Crippen LogP contribution in [0.15, 0.2) is 103 Å². The van der Waals surface area contributed by atoms with Crippen molar-refractivity contribution in [2.75, 3.05) is 19.5 Å². The second-order valence-electron chi connectivity index (χ2n) is 8.68. The molecule has 0 aromatic heterocycles. The third kappa shape index (κ3) is 6.56. The summed E-state index contributed by atoms with van der Waals surface area (Å²) in [6, 6.07) is 28.4. The van der Waals surface area contributed by atoms with Crippen molar-refractivity contribution >= 4 is 17.5 Å². The number of ether oxygens (including phenoxy) is 2. The van der Waals surface area contributed by atoms with Crippen LogP contribution in [-0.4, -0.2) is 30.9 Å². The van der Waals surface area contributed by atoms with Crippen LogP contribution in [0.25, 0.3) is 0 Å². The Balaban J connectivity index is 1.75. The number of nitrogens with one attached hydrogen (secondary N) is 1. The van der Waals surface area contributed by atoms with E-state index in [1.54, 1.807) is 18.2 Å². The topological polar surface area (TPSA) is 67.9 Å². The molecule has 0 radical (unpaired) electrons. The fourth-order valence-corrected chi connectivity index (χ4v) is 4.20. The molecular formula is C31H29FN2O4. The maximum atomic E-state index is 13.9. The highest BCUT2D eigenvalue weighted by atomic mass is 19.1. The van der Waals surface area contributed by atoms with Gasteiger partial charge in [-0.1, -0.05) is 72.8 Å². The highest BCUT2D eigenvalue weighted by molar-refractivity contribution is 5.99. The zero-order valence-corrected chi connectivity index (χ0v) is 21.3. The van der Waals surface area contributed by atoms with E-state index in [2.05, 4.69) is 5.32 Å². The molecule has 4 rings (SSSR count). The summed E-state index contributed by atoms with van der Waals surface area (Å²) in [5.74, 6) is -0.168. The Hall–Kier alpha value is -4.65. The van der Waals surface area contributed by atoms with Gasteiger partial charge >= 0.3 is 0 Å². The molecule has 0 bridgehead atoms. The van der Waals surface area contributed by atoms with E-state index in [4.69, 9.17) is 9.47 Å². The summed E-state index contributed by atoms with van der Waals surface area (Å²) >= 11 is 0. The first kappa shape index (κ1) is 26.4. The molecule has 4 aromatic carbocycles. The van der Waals surface area contributed by atoms with Crippen molar-refractivity contribution in [1.82, 2.24) is 4.90 Å². The highest BCUT2D eigenvalue weighted by Crippen LogP contribution is 2.32. The van der Waals surface area contributed by atoms with Gasteiger partial charge in [0.15, 0.2) is 0 Å². The molecule has 0 spiro atoms. The standard InChI is InChI=1S/C31H29FN2O4/c1-37-26-17-18-27(28(20-26)38-2)33-31(36)30(24-13-15-25(32)16-14-24)34(21-23-11-7-4-8-12-23)29(35)19-22-9-5-3-6-10-22/h3-18,20,30H,19,21H2,1-2H3,(H,33,36). The fraction of sp³-hybridized carbons (Fsp3) is 0.161. The summed E-state index contributed by atoms with van der Waals surface area (Å²) in [5, 5.41) is 2.90. The normalized spacial score (nSPS) is 11.3. The van der Waals surface area contributed by atoms with Crippen molar-refractivity contribution in [1.29, 1.82) is 0 Å². The minimum atomic E-state index is -1.04. The van der Waals surface area contributed by atoms with E-state index in [1.807, 2.05) is 60.7 Å². The Bertz CT molecular complexity index is 1360. The second kappa shape index (κ2) is 12.5. The molecule has 194 valence electrons. The molecule has 0 saturated carbocycles. The van der Waals surface area contributed by atoms with E-state index >= 15 is 0 Å². The number of rotatable bonds is 10. The average Bonchev–Trinajstić information content (AvgIpc) is 2.95. The van der Waals surface area contributed by atoms with Gasteiger partial charge in [0, 0.05) is 12.6 Å². The molecule has 0 fully saturated rings. The Morgan fingerprint density at radius 2 is 1.45 bits per heavy atom. The zero-order valence-electron chi connectivity index (χ0n) is 21.3. The van der Waals surface area contributed by atoms with Crippen LogP contribution < -0.4 is 14.8 Å². The van der Waals surface area contributed by atoms with E-state index in [0.29, 0.717) is 22.7 Å². The minimum absolute atomic E-state index is 0.102. The van der Waals surface area contributed by atoms with E-state index in [1.165, 1.54) is 43.4 Å². The molecule has 0 aliphatic carbocycles. The molecule has 0 saturated heterocycles. The lowest BCUT2D eigenvalue weighted by Crippen LogP contribution is -2.41. The number of methoxy groups -OCH3 is 2. The lowest BCUT2D eigenvalue weighted by atomic mass is 10.0. The van der Waals surface area contributed by atoms with E-state index in [9.17, 15) is 14.0 Å². The Labute approximate surface area is 221 Å². The van der Waals surface area contributed by atoms with Crippen LogP contribution in [0, 0.1) is 5.82 Å². The molecule has 0 heterocycles. The minimum Gasteiger partial charge on any atom is -0.497 e. The summed E-state index contributed by atoms with van der Waals surface area (Å²) in [5.41, 5.74) is 2.58. The highest BCUT2D eigenvalue weighted by Gasteiger charge is 2.32. The Kier molecular flexibility index (Phi) is 8.72. The van der Waals surface area contributed by atoms with Crippen LogP contribution in [0.5, 0.6) is 11.5 Å². The van der Waals surface area contributed by atoms with Crippen molar-refractivity contribution in [3.05, 3.63) is 126 Å². The van der Waals surface area contributed by atoms with Gasteiger partial charge in [-0.05, 0) is 41.0 Å². The second-order valence-corrected chi connectivity index (χ2v) is 8.68. The lowest BCUT2D eigenvalue weighted by molar-refractivity contribution is -0.139. The molecule has 1 N–H and O–H groups in total. The van der Waals surface area contributed by atoms with Crippen molar-refractivity contribution in [3.8, 4) is 11.5 Å². The van der Waals surface area contributed by atoms with Gasteiger partial charge in [0.05, 0.1) is 26.3 Å². The maximum absolute atomic E-state index is 13.9.